The molecule has 0 aliphatic heterocycles. The second kappa shape index (κ2) is 5.58. The number of nitrogens with zero attached hydrogens (tertiary/aromatic N) is 2. The van der Waals surface area contributed by atoms with Gasteiger partial charge >= 0.3 is 0 Å². The van der Waals surface area contributed by atoms with Crippen molar-refractivity contribution in [1.82, 2.24) is 4.98 Å². The van der Waals surface area contributed by atoms with Crippen molar-refractivity contribution in [1.29, 1.82) is 0 Å². The van der Waals surface area contributed by atoms with Crippen molar-refractivity contribution >= 4 is 32.5 Å². The van der Waals surface area contributed by atoms with Crippen LogP contribution < -0.4 is 9.62 Å². The van der Waals surface area contributed by atoms with E-state index in [9.17, 15) is 8.42 Å². The minimum Gasteiger partial charge on any atom is -0.436 e. The summed E-state index contributed by atoms with van der Waals surface area (Å²) >= 11 is 0. The van der Waals surface area contributed by atoms with Crippen molar-refractivity contribution in [2.24, 2.45) is 0 Å². The van der Waals surface area contributed by atoms with Crippen LogP contribution in [0.25, 0.3) is 22.6 Å². The number of nitrogens with one attached hydrogen (secondary N) is 1. The lowest BCUT2D eigenvalue weighted by molar-refractivity contribution is 0.606. The second-order valence-electron chi connectivity index (χ2n) is 5.49. The molecule has 1 aromatic heterocycles. The maximum absolute atomic E-state index is 11.7. The Balaban J connectivity index is 2.16. The number of hydrogen-bond acceptors (Lipinski definition) is 5. The number of fused-ring (bicyclic) bond motifs is 1. The van der Waals surface area contributed by atoms with Gasteiger partial charge in [0.25, 0.3) is 0 Å². The first-order valence-electron chi connectivity index (χ1n) is 6.98. The van der Waals surface area contributed by atoms with E-state index < -0.39 is 10.0 Å². The lowest BCUT2D eigenvalue weighted by Crippen LogP contribution is -2.13. The molecule has 0 atom stereocenters. The highest BCUT2D eigenvalue weighted by atomic mass is 32.2. The van der Waals surface area contributed by atoms with Gasteiger partial charge in [0.15, 0.2) is 5.58 Å². The van der Waals surface area contributed by atoms with Gasteiger partial charge in [0.2, 0.25) is 15.9 Å². The van der Waals surface area contributed by atoms with Gasteiger partial charge in [-0.05, 0) is 30.3 Å². The SMILES string of the molecule is CN(C)c1ccc(-c2nc3ccccc3o2)c(NS(C)(=O)=O)c1. The number of benzene rings is 2. The lowest BCUT2D eigenvalue weighted by atomic mass is 10.1. The molecule has 0 spiro atoms. The van der Waals surface area contributed by atoms with Crippen molar-refractivity contribution in [3.05, 3.63) is 42.5 Å². The fraction of sp³-hybridized carbons (Fsp3) is 0.188. The summed E-state index contributed by atoms with van der Waals surface area (Å²) in [5, 5.41) is 0. The number of aromatic nitrogens is 1. The number of hydrogen-bond donors (Lipinski definition) is 1. The molecule has 0 amide bonds. The largest absolute Gasteiger partial charge is 0.436 e. The maximum Gasteiger partial charge on any atom is 0.229 e. The minimum atomic E-state index is -3.42. The van der Waals surface area contributed by atoms with E-state index in [2.05, 4.69) is 9.71 Å². The van der Waals surface area contributed by atoms with Crippen molar-refractivity contribution in [3.63, 3.8) is 0 Å². The van der Waals surface area contributed by atoms with E-state index in [0.29, 0.717) is 22.7 Å². The van der Waals surface area contributed by atoms with Gasteiger partial charge in [0.05, 0.1) is 17.5 Å². The van der Waals surface area contributed by atoms with Crippen LogP contribution in [0.4, 0.5) is 11.4 Å². The van der Waals surface area contributed by atoms with E-state index in [4.69, 9.17) is 4.42 Å². The highest BCUT2D eigenvalue weighted by Crippen LogP contribution is 2.33. The predicted molar refractivity (Wildman–Crippen MR) is 92.2 cm³/mol. The van der Waals surface area contributed by atoms with Gasteiger partial charge in [-0.25, -0.2) is 13.4 Å². The molecule has 0 aliphatic rings. The van der Waals surface area contributed by atoms with E-state index in [1.807, 2.05) is 49.3 Å². The Kier molecular flexibility index (Phi) is 3.73. The Morgan fingerprint density at radius 1 is 1.13 bits per heavy atom. The quantitative estimate of drug-likeness (QED) is 0.795. The molecule has 3 aromatic rings. The molecule has 0 saturated heterocycles. The minimum absolute atomic E-state index is 0.377. The molecule has 0 radical (unpaired) electrons. The topological polar surface area (TPSA) is 75.4 Å². The van der Waals surface area contributed by atoms with Crippen molar-refractivity contribution in [2.45, 2.75) is 0 Å². The summed E-state index contributed by atoms with van der Waals surface area (Å²) in [6, 6.07) is 12.8. The first-order chi connectivity index (χ1) is 10.8. The van der Waals surface area contributed by atoms with Crippen molar-refractivity contribution in [3.8, 4) is 11.5 Å². The fourth-order valence-corrected chi connectivity index (χ4v) is 2.84. The van der Waals surface area contributed by atoms with E-state index >= 15 is 0 Å². The molecule has 7 heteroatoms. The molecule has 0 aliphatic carbocycles. The molecule has 1 N–H and O–H groups in total. The molecule has 0 unspecified atom stereocenters. The van der Waals surface area contributed by atoms with Gasteiger partial charge < -0.3 is 9.32 Å². The number of sulfonamides is 1. The summed E-state index contributed by atoms with van der Waals surface area (Å²) in [5.41, 5.74) is 3.28. The molecule has 120 valence electrons. The molecule has 0 bridgehead atoms. The first kappa shape index (κ1) is 15.4. The predicted octanol–water partition coefficient (Wildman–Crippen LogP) is 2.93. The van der Waals surface area contributed by atoms with Crippen LogP contribution >= 0.6 is 0 Å². The molecule has 0 fully saturated rings. The molecule has 23 heavy (non-hydrogen) atoms. The molecule has 1 heterocycles. The van der Waals surface area contributed by atoms with Crippen LogP contribution in [0.15, 0.2) is 46.9 Å². The van der Waals surface area contributed by atoms with Gasteiger partial charge in [-0.3, -0.25) is 4.72 Å². The summed E-state index contributed by atoms with van der Waals surface area (Å²) < 4.78 is 31.6. The lowest BCUT2D eigenvalue weighted by Gasteiger charge is -2.16. The average molecular weight is 331 g/mol. The number of oxazole rings is 1. The smallest absolute Gasteiger partial charge is 0.229 e. The van der Waals surface area contributed by atoms with Crippen LogP contribution in [-0.2, 0) is 10.0 Å². The summed E-state index contributed by atoms with van der Waals surface area (Å²) in [6.45, 7) is 0. The van der Waals surface area contributed by atoms with Crippen molar-refractivity contribution < 1.29 is 12.8 Å². The van der Waals surface area contributed by atoms with E-state index in [1.165, 1.54) is 0 Å². The Labute approximate surface area is 134 Å². The van der Waals surface area contributed by atoms with Crippen LogP contribution in [0, 0.1) is 0 Å². The van der Waals surface area contributed by atoms with Crippen LogP contribution in [0.2, 0.25) is 0 Å². The zero-order chi connectivity index (χ0) is 16.6. The second-order valence-corrected chi connectivity index (χ2v) is 7.23. The Hall–Kier alpha value is -2.54. The standard InChI is InChI=1S/C16H17N3O3S/c1-19(2)11-8-9-12(14(10-11)18-23(3,20)21)16-17-13-6-4-5-7-15(13)22-16/h4-10,18H,1-3H3. The molecule has 6 nitrogen and oxygen atoms in total. The van der Waals surface area contributed by atoms with E-state index in [-0.39, 0.29) is 0 Å². The third kappa shape index (κ3) is 3.29. The Bertz CT molecular complexity index is 929. The summed E-state index contributed by atoms with van der Waals surface area (Å²) in [6.07, 6.45) is 1.12. The molecular formula is C16H17N3O3S. The zero-order valence-electron chi connectivity index (χ0n) is 13.1. The summed E-state index contributed by atoms with van der Waals surface area (Å²) in [5.74, 6) is 0.377. The Morgan fingerprint density at radius 2 is 1.87 bits per heavy atom. The highest BCUT2D eigenvalue weighted by Gasteiger charge is 2.16. The number of rotatable bonds is 4. The average Bonchev–Trinajstić information content (AvgIpc) is 2.88. The Morgan fingerprint density at radius 3 is 2.52 bits per heavy atom. The molecule has 0 saturated carbocycles. The monoisotopic (exact) mass is 331 g/mol. The van der Waals surface area contributed by atoms with E-state index in [1.54, 1.807) is 12.1 Å². The number of para-hydroxylation sites is 2. The molecular weight excluding hydrogens is 314 g/mol. The van der Waals surface area contributed by atoms with Crippen LogP contribution in [-0.4, -0.2) is 33.8 Å². The zero-order valence-corrected chi connectivity index (χ0v) is 13.9. The maximum atomic E-state index is 11.7. The van der Waals surface area contributed by atoms with Crippen molar-refractivity contribution in [2.75, 3.05) is 30.0 Å². The summed E-state index contributed by atoms with van der Waals surface area (Å²) in [4.78, 5) is 6.33. The molecule has 2 aromatic carbocycles. The van der Waals surface area contributed by atoms with Crippen LogP contribution in [0.1, 0.15) is 0 Å². The van der Waals surface area contributed by atoms with Gasteiger partial charge in [-0.2, -0.15) is 0 Å². The van der Waals surface area contributed by atoms with Gasteiger partial charge in [0, 0.05) is 19.8 Å². The summed E-state index contributed by atoms with van der Waals surface area (Å²) in [7, 11) is 0.357. The first-order valence-corrected chi connectivity index (χ1v) is 8.88. The van der Waals surface area contributed by atoms with Gasteiger partial charge in [-0.1, -0.05) is 12.1 Å². The molecule has 3 rings (SSSR count). The van der Waals surface area contributed by atoms with Gasteiger partial charge in [0.1, 0.15) is 5.52 Å². The van der Waals surface area contributed by atoms with Gasteiger partial charge in [-0.15, -0.1) is 0 Å². The third-order valence-electron chi connectivity index (χ3n) is 3.34. The van der Waals surface area contributed by atoms with Crippen LogP contribution in [0.5, 0.6) is 0 Å². The third-order valence-corrected chi connectivity index (χ3v) is 3.93. The highest BCUT2D eigenvalue weighted by molar-refractivity contribution is 7.92. The number of anilines is 2. The normalized spacial score (nSPS) is 11.6. The van der Waals surface area contributed by atoms with Crippen LogP contribution in [0.3, 0.4) is 0 Å². The van der Waals surface area contributed by atoms with E-state index in [0.717, 1.165) is 17.5 Å². The fourth-order valence-electron chi connectivity index (χ4n) is 2.27.